The summed E-state index contributed by atoms with van der Waals surface area (Å²) in [5.41, 5.74) is 1.93. The summed E-state index contributed by atoms with van der Waals surface area (Å²) in [4.78, 5) is 23.6. The van der Waals surface area contributed by atoms with E-state index in [0.29, 0.717) is 22.1 Å². The minimum atomic E-state index is -0.529. The van der Waals surface area contributed by atoms with Gasteiger partial charge >= 0.3 is 0 Å². The van der Waals surface area contributed by atoms with Crippen molar-refractivity contribution in [1.29, 1.82) is 0 Å². The number of amides is 2. The Balaban J connectivity index is 1.69. The van der Waals surface area contributed by atoms with Crippen molar-refractivity contribution in [2.75, 3.05) is 10.6 Å². The molecule has 122 valence electrons. The molecule has 24 heavy (non-hydrogen) atoms. The molecule has 2 N–H and O–H groups in total. The van der Waals surface area contributed by atoms with Crippen molar-refractivity contribution in [2.45, 2.75) is 13.0 Å². The van der Waals surface area contributed by atoms with Crippen LogP contribution in [0.3, 0.4) is 0 Å². The first-order valence-electron chi connectivity index (χ1n) is 7.37. The first kappa shape index (κ1) is 16.1. The molecule has 1 atom stereocenters. The van der Waals surface area contributed by atoms with Gasteiger partial charge in [-0.1, -0.05) is 23.7 Å². The Morgan fingerprint density at radius 1 is 1.29 bits per heavy atom. The molecule has 1 aliphatic rings. The van der Waals surface area contributed by atoms with Crippen LogP contribution in [0, 0.1) is 0 Å². The molecule has 0 aliphatic carbocycles. The number of carbonyl (C=O) groups excluding carboxylic acids is 2. The lowest BCUT2D eigenvalue weighted by Crippen LogP contribution is -2.34. The van der Waals surface area contributed by atoms with E-state index in [1.807, 2.05) is 12.1 Å². The number of hydrogen-bond donors (Lipinski definition) is 2. The Hall–Kier alpha value is -2.79. The third-order valence-electron chi connectivity index (χ3n) is 3.45. The van der Waals surface area contributed by atoms with Crippen LogP contribution in [0.25, 0.3) is 6.08 Å². The Kier molecular flexibility index (Phi) is 4.53. The van der Waals surface area contributed by atoms with Crippen molar-refractivity contribution in [3.63, 3.8) is 0 Å². The van der Waals surface area contributed by atoms with E-state index in [1.165, 1.54) is 6.08 Å². The van der Waals surface area contributed by atoms with Crippen LogP contribution in [0.15, 0.2) is 48.5 Å². The van der Waals surface area contributed by atoms with Gasteiger partial charge in [0.25, 0.3) is 5.91 Å². The summed E-state index contributed by atoms with van der Waals surface area (Å²) in [7, 11) is 0. The van der Waals surface area contributed by atoms with Gasteiger partial charge in [0.2, 0.25) is 5.91 Å². The summed E-state index contributed by atoms with van der Waals surface area (Å²) in [6.07, 6.45) is 2.56. The molecule has 2 aromatic carbocycles. The Morgan fingerprint density at radius 3 is 2.92 bits per heavy atom. The van der Waals surface area contributed by atoms with Crippen LogP contribution in [0.1, 0.15) is 12.5 Å². The molecule has 0 bridgehead atoms. The number of rotatable bonds is 3. The zero-order chi connectivity index (χ0) is 17.1. The van der Waals surface area contributed by atoms with E-state index in [0.717, 1.165) is 5.56 Å². The molecule has 2 aromatic rings. The fourth-order valence-electron chi connectivity index (χ4n) is 2.25. The van der Waals surface area contributed by atoms with Crippen molar-refractivity contribution in [3.05, 3.63) is 59.1 Å². The van der Waals surface area contributed by atoms with Crippen LogP contribution < -0.4 is 15.4 Å². The number of benzene rings is 2. The second-order valence-corrected chi connectivity index (χ2v) is 5.77. The van der Waals surface area contributed by atoms with Gasteiger partial charge in [0.15, 0.2) is 6.10 Å². The van der Waals surface area contributed by atoms with Crippen molar-refractivity contribution in [3.8, 4) is 5.75 Å². The average Bonchev–Trinajstić information content (AvgIpc) is 2.54. The maximum atomic E-state index is 12.0. The largest absolute Gasteiger partial charge is 0.479 e. The zero-order valence-electron chi connectivity index (χ0n) is 12.9. The number of halogens is 1. The Morgan fingerprint density at radius 2 is 2.12 bits per heavy atom. The highest BCUT2D eigenvalue weighted by Gasteiger charge is 2.23. The van der Waals surface area contributed by atoms with E-state index in [2.05, 4.69) is 10.6 Å². The van der Waals surface area contributed by atoms with Gasteiger partial charge in [-0.3, -0.25) is 9.59 Å². The maximum Gasteiger partial charge on any atom is 0.265 e. The van der Waals surface area contributed by atoms with Crippen LogP contribution >= 0.6 is 11.6 Å². The molecular formula is C18H15ClN2O3. The number of anilines is 2. The van der Waals surface area contributed by atoms with Gasteiger partial charge in [-0.25, -0.2) is 0 Å². The molecule has 1 heterocycles. The quantitative estimate of drug-likeness (QED) is 0.835. The fourth-order valence-corrected chi connectivity index (χ4v) is 2.45. The zero-order valence-corrected chi connectivity index (χ0v) is 13.6. The first-order chi connectivity index (χ1) is 11.5. The lowest BCUT2D eigenvalue weighted by molar-refractivity contribution is -0.122. The van der Waals surface area contributed by atoms with E-state index in [1.54, 1.807) is 43.3 Å². The van der Waals surface area contributed by atoms with Crippen molar-refractivity contribution < 1.29 is 14.3 Å². The predicted molar refractivity (Wildman–Crippen MR) is 94.3 cm³/mol. The smallest absolute Gasteiger partial charge is 0.265 e. The van der Waals surface area contributed by atoms with Gasteiger partial charge in [0, 0.05) is 16.8 Å². The van der Waals surface area contributed by atoms with Gasteiger partial charge in [-0.05, 0) is 48.9 Å². The molecule has 0 unspecified atom stereocenters. The van der Waals surface area contributed by atoms with Crippen LogP contribution in [-0.4, -0.2) is 17.9 Å². The van der Waals surface area contributed by atoms with Crippen LogP contribution in [0.4, 0.5) is 11.4 Å². The minimum Gasteiger partial charge on any atom is -0.479 e. The summed E-state index contributed by atoms with van der Waals surface area (Å²) >= 11 is 5.90. The monoisotopic (exact) mass is 342 g/mol. The summed E-state index contributed by atoms with van der Waals surface area (Å²) in [6, 6.07) is 12.3. The van der Waals surface area contributed by atoms with E-state index in [-0.39, 0.29) is 11.8 Å². The normalized spacial score (nSPS) is 16.2. The van der Waals surface area contributed by atoms with Crippen molar-refractivity contribution in [1.82, 2.24) is 0 Å². The van der Waals surface area contributed by atoms with Gasteiger partial charge in [-0.2, -0.15) is 0 Å². The number of carbonyl (C=O) groups is 2. The summed E-state index contributed by atoms with van der Waals surface area (Å²) in [5.74, 6) is 0.0766. The maximum absolute atomic E-state index is 12.0. The summed E-state index contributed by atoms with van der Waals surface area (Å²) in [6.45, 7) is 1.68. The third-order valence-corrected chi connectivity index (χ3v) is 3.69. The van der Waals surface area contributed by atoms with Crippen molar-refractivity contribution >= 4 is 40.9 Å². The molecule has 0 fully saturated rings. The highest BCUT2D eigenvalue weighted by molar-refractivity contribution is 6.30. The average molecular weight is 343 g/mol. The molecule has 0 aromatic heterocycles. The lowest BCUT2D eigenvalue weighted by Gasteiger charge is -2.23. The van der Waals surface area contributed by atoms with E-state index in [4.69, 9.17) is 16.3 Å². The lowest BCUT2D eigenvalue weighted by atomic mass is 10.2. The summed E-state index contributed by atoms with van der Waals surface area (Å²) < 4.78 is 5.47. The van der Waals surface area contributed by atoms with Crippen LogP contribution in [-0.2, 0) is 9.59 Å². The molecule has 0 saturated heterocycles. The number of ether oxygens (including phenoxy) is 1. The van der Waals surface area contributed by atoms with E-state index >= 15 is 0 Å². The molecule has 3 rings (SSSR count). The van der Waals surface area contributed by atoms with Gasteiger partial charge in [0.05, 0.1) is 5.69 Å². The third kappa shape index (κ3) is 3.75. The molecule has 0 radical (unpaired) electrons. The number of nitrogens with one attached hydrogen (secondary N) is 2. The highest BCUT2D eigenvalue weighted by atomic mass is 35.5. The molecule has 0 spiro atoms. The van der Waals surface area contributed by atoms with E-state index in [9.17, 15) is 9.59 Å². The molecule has 2 amide bonds. The minimum absolute atomic E-state index is 0.216. The van der Waals surface area contributed by atoms with Crippen molar-refractivity contribution in [2.24, 2.45) is 0 Å². The second-order valence-electron chi connectivity index (χ2n) is 5.34. The topological polar surface area (TPSA) is 67.4 Å². The summed E-state index contributed by atoms with van der Waals surface area (Å²) in [5, 5.41) is 6.09. The highest BCUT2D eigenvalue weighted by Crippen LogP contribution is 2.32. The molecule has 6 heteroatoms. The second kappa shape index (κ2) is 6.76. The number of fused-ring (bicyclic) bond motifs is 1. The van der Waals surface area contributed by atoms with Gasteiger partial charge in [0.1, 0.15) is 5.75 Å². The SMILES string of the molecule is C[C@H]1Oc2ccc(NC(=O)/C=C/c3cccc(Cl)c3)cc2NC1=O. The molecular weight excluding hydrogens is 328 g/mol. The Bertz CT molecular complexity index is 833. The molecule has 5 nitrogen and oxygen atoms in total. The van der Waals surface area contributed by atoms with Gasteiger partial charge in [-0.15, -0.1) is 0 Å². The van der Waals surface area contributed by atoms with Gasteiger partial charge < -0.3 is 15.4 Å². The fraction of sp³-hybridized carbons (Fsp3) is 0.111. The Labute approximate surface area is 144 Å². The first-order valence-corrected chi connectivity index (χ1v) is 7.75. The van der Waals surface area contributed by atoms with Crippen LogP contribution in [0.2, 0.25) is 5.02 Å². The predicted octanol–water partition coefficient (Wildman–Crippen LogP) is 3.71. The van der Waals surface area contributed by atoms with E-state index < -0.39 is 6.10 Å². The molecule has 0 saturated carbocycles. The number of hydrogen-bond acceptors (Lipinski definition) is 3. The molecule has 1 aliphatic heterocycles. The standard InChI is InChI=1S/C18H15ClN2O3/c1-11-18(23)21-15-10-14(6-7-16(15)24-11)20-17(22)8-5-12-3-2-4-13(19)9-12/h2-11H,1H3,(H,20,22)(H,21,23)/b8-5+/t11-/m1/s1. The van der Waals surface area contributed by atoms with Crippen LogP contribution in [0.5, 0.6) is 5.75 Å².